The Kier molecular flexibility index (Phi) is 10.3. The fraction of sp³-hybridized carbons (Fsp3) is 0.588. The van der Waals surface area contributed by atoms with Gasteiger partial charge < -0.3 is 18.5 Å². The second-order valence-electron chi connectivity index (χ2n) is 5.92. The predicted octanol–water partition coefficient (Wildman–Crippen LogP) is 3.01. The topological polar surface area (TPSA) is 48.0 Å². The second kappa shape index (κ2) is 11.6. The summed E-state index contributed by atoms with van der Waals surface area (Å²) < 4.78 is 17.0. The van der Waals surface area contributed by atoms with Crippen LogP contribution in [0.25, 0.3) is 0 Å². The van der Waals surface area contributed by atoms with Gasteiger partial charge in [-0.2, -0.15) is 0 Å². The molecule has 136 valence electrons. The van der Waals surface area contributed by atoms with E-state index in [0.717, 1.165) is 30.5 Å². The maximum Gasteiger partial charge on any atom is 0.334 e. The lowest BCUT2D eigenvalue weighted by Gasteiger charge is -2.25. The minimum Gasteiger partial charge on any atom is -0.485 e. The first-order chi connectivity index (χ1) is 11.4. The van der Waals surface area contributed by atoms with Gasteiger partial charge in [0.2, 0.25) is 5.12 Å². The molecule has 0 amide bonds. The number of carbonyl (C=O) groups is 1. The number of para-hydroxylation sites is 1. The van der Waals surface area contributed by atoms with Crippen LogP contribution in [0.1, 0.15) is 6.42 Å². The van der Waals surface area contributed by atoms with Gasteiger partial charge in [0.05, 0.1) is 0 Å². The van der Waals surface area contributed by atoms with E-state index in [4.69, 9.17) is 13.6 Å². The van der Waals surface area contributed by atoms with E-state index in [1.165, 1.54) is 11.8 Å². The van der Waals surface area contributed by atoms with E-state index in [0.29, 0.717) is 6.61 Å². The van der Waals surface area contributed by atoms with Gasteiger partial charge in [0.15, 0.2) is 6.61 Å². The molecule has 0 spiro atoms. The van der Waals surface area contributed by atoms with Gasteiger partial charge in [-0.15, -0.1) is 0 Å². The van der Waals surface area contributed by atoms with E-state index >= 15 is 0 Å². The van der Waals surface area contributed by atoms with Crippen LogP contribution in [0.15, 0.2) is 30.3 Å². The van der Waals surface area contributed by atoms with Gasteiger partial charge in [0.1, 0.15) is 5.75 Å². The van der Waals surface area contributed by atoms with Crippen LogP contribution in [-0.4, -0.2) is 65.3 Å². The molecule has 0 aliphatic heterocycles. The number of benzene rings is 1. The molecule has 24 heavy (non-hydrogen) atoms. The zero-order valence-electron chi connectivity index (χ0n) is 15.1. The number of nitrogens with zero attached hydrogens (tertiary/aromatic N) is 1. The highest BCUT2D eigenvalue weighted by Gasteiger charge is 2.29. The summed E-state index contributed by atoms with van der Waals surface area (Å²) in [7, 11) is 3.65. The molecule has 1 unspecified atom stereocenters. The summed E-state index contributed by atoms with van der Waals surface area (Å²) in [5, 5.41) is 0.0492. The summed E-state index contributed by atoms with van der Waals surface area (Å²) in [6.07, 6.45) is 0.903. The Hall–Kier alpha value is -0.863. The van der Waals surface area contributed by atoms with Crippen molar-refractivity contribution in [2.75, 3.05) is 46.7 Å². The van der Waals surface area contributed by atoms with E-state index < -0.39 is 8.56 Å². The molecule has 0 N–H and O–H groups in total. The summed E-state index contributed by atoms with van der Waals surface area (Å²) in [5.74, 6) is 1.49. The zero-order valence-corrected chi connectivity index (χ0v) is 16.9. The Labute approximate surface area is 150 Å². The Morgan fingerprint density at radius 2 is 1.96 bits per heavy atom. The van der Waals surface area contributed by atoms with Crippen LogP contribution >= 0.6 is 11.8 Å². The van der Waals surface area contributed by atoms with E-state index in [-0.39, 0.29) is 11.7 Å². The third-order valence-corrected chi connectivity index (χ3v) is 7.39. The number of hydrogen-bond acceptors (Lipinski definition) is 6. The van der Waals surface area contributed by atoms with Crippen LogP contribution in [0, 0.1) is 0 Å². The van der Waals surface area contributed by atoms with Crippen LogP contribution in [0.4, 0.5) is 0 Å². The highest BCUT2D eigenvalue weighted by atomic mass is 32.2. The molecule has 0 aliphatic rings. The first kappa shape index (κ1) is 21.2. The number of carbonyl (C=O) groups excluding carboxylic acids is 1. The molecule has 1 atom stereocenters. The summed E-state index contributed by atoms with van der Waals surface area (Å²) >= 11 is 1.31. The highest BCUT2D eigenvalue weighted by Crippen LogP contribution is 2.18. The lowest BCUT2D eigenvalue weighted by atomic mass is 10.3. The average molecular weight is 372 g/mol. The fourth-order valence-corrected chi connectivity index (χ4v) is 4.68. The molecule has 0 aliphatic carbocycles. The van der Waals surface area contributed by atoms with Gasteiger partial charge in [0.25, 0.3) is 0 Å². The van der Waals surface area contributed by atoms with E-state index in [2.05, 4.69) is 11.4 Å². The Balaban J connectivity index is 2.17. The normalized spacial score (nSPS) is 13.7. The first-order valence-electron chi connectivity index (χ1n) is 8.12. The lowest BCUT2D eigenvalue weighted by Crippen LogP contribution is -2.39. The molecule has 0 bridgehead atoms. The molecule has 7 heteroatoms. The molecule has 0 fully saturated rings. The van der Waals surface area contributed by atoms with Gasteiger partial charge in [-0.25, -0.2) is 0 Å². The number of hydrogen-bond donors (Lipinski definition) is 0. The second-order valence-corrected chi connectivity index (χ2v) is 10.5. The van der Waals surface area contributed by atoms with Crippen LogP contribution in [-0.2, 0) is 13.6 Å². The van der Waals surface area contributed by atoms with Crippen molar-refractivity contribution in [3.8, 4) is 5.75 Å². The standard InChI is InChI=1S/C17H29NO4SSi/c1-18(2)11-12-22-24(4,20-3)14-8-13-23-17(19)15-21-16-9-6-5-7-10-16/h5-7,9-10H,8,11-15H2,1-4H3. The lowest BCUT2D eigenvalue weighted by molar-refractivity contribution is -0.112. The third-order valence-electron chi connectivity index (χ3n) is 3.52. The van der Waals surface area contributed by atoms with Crippen LogP contribution in [0.5, 0.6) is 5.75 Å². The molecular formula is C17H29NO4SSi. The van der Waals surface area contributed by atoms with E-state index in [1.54, 1.807) is 7.11 Å². The van der Waals surface area contributed by atoms with E-state index in [9.17, 15) is 4.79 Å². The van der Waals surface area contributed by atoms with Crippen LogP contribution in [0.3, 0.4) is 0 Å². The molecule has 0 radical (unpaired) electrons. The van der Waals surface area contributed by atoms with Gasteiger partial charge in [-0.05, 0) is 45.2 Å². The quantitative estimate of drug-likeness (QED) is 0.416. The minimum absolute atomic E-state index is 0.0492. The Bertz CT molecular complexity index is 475. The molecule has 1 rings (SSSR count). The average Bonchev–Trinajstić information content (AvgIpc) is 2.57. The maximum absolute atomic E-state index is 11.8. The van der Waals surface area contributed by atoms with Gasteiger partial charge in [0, 0.05) is 26.0 Å². The first-order valence-corrected chi connectivity index (χ1v) is 11.6. The summed E-state index contributed by atoms with van der Waals surface area (Å²) in [6, 6.07) is 10.3. The van der Waals surface area contributed by atoms with Gasteiger partial charge in [-0.3, -0.25) is 4.79 Å². The summed E-state index contributed by atoms with van der Waals surface area (Å²) in [5.41, 5.74) is 0. The molecule has 1 aromatic carbocycles. The zero-order chi connectivity index (χ0) is 17.8. The summed E-state index contributed by atoms with van der Waals surface area (Å²) in [4.78, 5) is 13.9. The highest BCUT2D eigenvalue weighted by molar-refractivity contribution is 8.13. The SMILES string of the molecule is CO[Si](C)(CCCSC(=O)COc1ccccc1)OCCN(C)C. The maximum atomic E-state index is 11.8. The molecule has 1 aromatic rings. The third kappa shape index (κ3) is 9.44. The van der Waals surface area contributed by atoms with Crippen molar-refractivity contribution in [2.45, 2.75) is 19.0 Å². The molecule has 5 nitrogen and oxygen atoms in total. The van der Waals surface area contributed by atoms with Crippen molar-refractivity contribution in [3.63, 3.8) is 0 Å². The smallest absolute Gasteiger partial charge is 0.334 e. The van der Waals surface area contributed by atoms with Crippen molar-refractivity contribution in [1.82, 2.24) is 4.90 Å². The number of ether oxygens (including phenoxy) is 1. The fourth-order valence-electron chi connectivity index (χ4n) is 1.96. The van der Waals surface area contributed by atoms with Gasteiger partial charge >= 0.3 is 8.56 Å². The molecule has 0 saturated heterocycles. The number of likely N-dealkylation sites (N-methyl/N-ethyl adjacent to an activating group) is 1. The molecular weight excluding hydrogens is 342 g/mol. The van der Waals surface area contributed by atoms with E-state index in [1.807, 2.05) is 44.4 Å². The van der Waals surface area contributed by atoms with Gasteiger partial charge in [-0.1, -0.05) is 30.0 Å². The Morgan fingerprint density at radius 1 is 1.25 bits per heavy atom. The van der Waals surface area contributed by atoms with Crippen molar-refractivity contribution in [3.05, 3.63) is 30.3 Å². The molecule has 0 saturated carbocycles. The van der Waals surface area contributed by atoms with Crippen molar-refractivity contribution in [2.24, 2.45) is 0 Å². The van der Waals surface area contributed by atoms with Crippen molar-refractivity contribution in [1.29, 1.82) is 0 Å². The van der Waals surface area contributed by atoms with Crippen LogP contribution < -0.4 is 4.74 Å². The number of rotatable bonds is 12. The monoisotopic (exact) mass is 371 g/mol. The van der Waals surface area contributed by atoms with Crippen molar-refractivity contribution < 1.29 is 18.4 Å². The summed E-state index contributed by atoms with van der Waals surface area (Å²) in [6.45, 7) is 3.75. The van der Waals surface area contributed by atoms with Crippen molar-refractivity contribution >= 4 is 25.4 Å². The minimum atomic E-state index is -2.12. The predicted molar refractivity (Wildman–Crippen MR) is 102 cm³/mol. The molecule has 0 aromatic heterocycles. The Morgan fingerprint density at radius 3 is 2.58 bits per heavy atom. The molecule has 0 heterocycles. The largest absolute Gasteiger partial charge is 0.485 e. The van der Waals surface area contributed by atoms with Crippen LogP contribution in [0.2, 0.25) is 12.6 Å². The number of thioether (sulfide) groups is 1.